The summed E-state index contributed by atoms with van der Waals surface area (Å²) in [6, 6.07) is 1.97. The van der Waals surface area contributed by atoms with E-state index < -0.39 is 0 Å². The molecule has 2 aromatic heterocycles. The molecule has 0 spiro atoms. The lowest BCUT2D eigenvalue weighted by Gasteiger charge is -2.02. The highest BCUT2D eigenvalue weighted by molar-refractivity contribution is 14.1. The fraction of sp³-hybridized carbons (Fsp3) is 0.300. The van der Waals surface area contributed by atoms with Gasteiger partial charge in [0.15, 0.2) is 0 Å². The van der Waals surface area contributed by atoms with Crippen molar-refractivity contribution in [3.05, 3.63) is 28.0 Å². The lowest BCUT2D eigenvalue weighted by atomic mass is 10.3. The average molecular weight is 297 g/mol. The Kier molecular flexibility index (Phi) is 1.90. The second-order valence-electron chi connectivity index (χ2n) is 3.54. The number of hydrogen-bond acceptors (Lipinski definition) is 3. The monoisotopic (exact) mass is 297 g/mol. The molecule has 0 amide bonds. The van der Waals surface area contributed by atoms with E-state index in [1.807, 2.05) is 12.3 Å². The fourth-order valence-corrected chi connectivity index (χ4v) is 2.19. The van der Waals surface area contributed by atoms with Crippen LogP contribution < -0.4 is 0 Å². The highest BCUT2D eigenvalue weighted by atomic mass is 127. The van der Waals surface area contributed by atoms with Gasteiger partial charge in [0.05, 0.1) is 11.7 Å². The molecule has 0 bridgehead atoms. The second-order valence-corrected chi connectivity index (χ2v) is 4.56. The third kappa shape index (κ3) is 1.37. The van der Waals surface area contributed by atoms with Crippen molar-refractivity contribution in [2.75, 3.05) is 0 Å². The van der Waals surface area contributed by atoms with Crippen LogP contribution in [0.25, 0.3) is 10.9 Å². The molecule has 1 aliphatic rings. The van der Waals surface area contributed by atoms with E-state index in [9.17, 15) is 0 Å². The van der Waals surface area contributed by atoms with E-state index in [0.29, 0.717) is 5.92 Å². The summed E-state index contributed by atoms with van der Waals surface area (Å²) in [5, 5.41) is 1.10. The van der Waals surface area contributed by atoms with Gasteiger partial charge in [0.1, 0.15) is 9.53 Å². The van der Waals surface area contributed by atoms with Gasteiger partial charge >= 0.3 is 0 Å². The van der Waals surface area contributed by atoms with E-state index in [1.54, 1.807) is 6.20 Å². The van der Waals surface area contributed by atoms with Crippen LogP contribution >= 0.6 is 22.6 Å². The first-order valence-corrected chi connectivity index (χ1v) is 5.69. The van der Waals surface area contributed by atoms with Gasteiger partial charge in [-0.05, 0) is 41.5 Å². The van der Waals surface area contributed by atoms with Crippen molar-refractivity contribution in [1.82, 2.24) is 15.0 Å². The minimum atomic E-state index is 0.605. The molecule has 0 unspecified atom stereocenters. The van der Waals surface area contributed by atoms with E-state index in [4.69, 9.17) is 0 Å². The zero-order chi connectivity index (χ0) is 9.54. The van der Waals surface area contributed by atoms with E-state index >= 15 is 0 Å². The molecule has 3 rings (SSSR count). The van der Waals surface area contributed by atoms with Gasteiger partial charge in [-0.2, -0.15) is 0 Å². The zero-order valence-corrected chi connectivity index (χ0v) is 9.60. The maximum Gasteiger partial charge on any atom is 0.133 e. The second kappa shape index (κ2) is 3.12. The minimum Gasteiger partial charge on any atom is -0.262 e. The molecule has 1 aliphatic carbocycles. The Morgan fingerprint density at radius 2 is 2.14 bits per heavy atom. The quantitative estimate of drug-likeness (QED) is 0.599. The number of pyridine rings is 1. The molecule has 2 heterocycles. The van der Waals surface area contributed by atoms with Crippen LogP contribution in [0.5, 0.6) is 0 Å². The molecular formula is C10H8IN3. The number of halogens is 1. The van der Waals surface area contributed by atoms with E-state index in [-0.39, 0.29) is 0 Å². The fourth-order valence-electron chi connectivity index (χ4n) is 1.48. The molecule has 0 saturated heterocycles. The van der Waals surface area contributed by atoms with Gasteiger partial charge in [-0.25, -0.2) is 9.97 Å². The van der Waals surface area contributed by atoms with Crippen LogP contribution in [0.3, 0.4) is 0 Å². The van der Waals surface area contributed by atoms with Crippen molar-refractivity contribution in [1.29, 1.82) is 0 Å². The van der Waals surface area contributed by atoms with Crippen LogP contribution in [0.15, 0.2) is 18.5 Å². The van der Waals surface area contributed by atoms with Crippen LogP contribution in [0.4, 0.5) is 0 Å². The van der Waals surface area contributed by atoms with Gasteiger partial charge in [0, 0.05) is 17.5 Å². The van der Waals surface area contributed by atoms with Gasteiger partial charge in [-0.3, -0.25) is 4.98 Å². The van der Waals surface area contributed by atoms with Crippen LogP contribution in [-0.4, -0.2) is 15.0 Å². The lowest BCUT2D eigenvalue weighted by Crippen LogP contribution is -1.96. The predicted octanol–water partition coefficient (Wildman–Crippen LogP) is 2.51. The van der Waals surface area contributed by atoms with Crippen LogP contribution in [0.1, 0.15) is 24.6 Å². The first-order valence-electron chi connectivity index (χ1n) is 4.62. The Morgan fingerprint density at radius 1 is 1.29 bits per heavy atom. The summed E-state index contributed by atoms with van der Waals surface area (Å²) in [5.41, 5.74) is 0.966. The molecule has 3 nitrogen and oxygen atoms in total. The molecule has 0 aromatic carbocycles. The summed E-state index contributed by atoms with van der Waals surface area (Å²) in [7, 11) is 0. The smallest absolute Gasteiger partial charge is 0.133 e. The molecular weight excluding hydrogens is 289 g/mol. The van der Waals surface area contributed by atoms with E-state index in [0.717, 1.165) is 20.4 Å². The zero-order valence-electron chi connectivity index (χ0n) is 7.44. The molecule has 70 valence electrons. The number of fused-ring (bicyclic) bond motifs is 1. The van der Waals surface area contributed by atoms with Gasteiger partial charge < -0.3 is 0 Å². The topological polar surface area (TPSA) is 38.7 Å². The number of rotatable bonds is 1. The van der Waals surface area contributed by atoms with Gasteiger partial charge in [0.25, 0.3) is 0 Å². The van der Waals surface area contributed by atoms with Crippen molar-refractivity contribution >= 4 is 33.5 Å². The first kappa shape index (κ1) is 8.52. The predicted molar refractivity (Wildman–Crippen MR) is 62.0 cm³/mol. The standard InChI is InChI=1S/C10H8IN3/c11-9-7-3-4-12-5-8(7)13-10(14-9)6-1-2-6/h3-6H,1-2H2. The summed E-state index contributed by atoms with van der Waals surface area (Å²) >= 11 is 2.27. The molecule has 14 heavy (non-hydrogen) atoms. The first-order chi connectivity index (χ1) is 6.84. The highest BCUT2D eigenvalue weighted by Crippen LogP contribution is 2.38. The SMILES string of the molecule is Ic1nc(C2CC2)nc2cnccc12. The van der Waals surface area contributed by atoms with Crippen molar-refractivity contribution in [3.63, 3.8) is 0 Å². The van der Waals surface area contributed by atoms with Crippen molar-refractivity contribution in [2.45, 2.75) is 18.8 Å². The van der Waals surface area contributed by atoms with Crippen LogP contribution in [0.2, 0.25) is 0 Å². The summed E-state index contributed by atoms with van der Waals surface area (Å²) in [6.07, 6.45) is 6.07. The molecule has 4 heteroatoms. The molecule has 0 atom stereocenters. The Labute approximate surface area is 95.1 Å². The Bertz CT molecular complexity index is 494. The Balaban J connectivity index is 2.27. The number of aromatic nitrogens is 3. The lowest BCUT2D eigenvalue weighted by molar-refractivity contribution is 0.935. The van der Waals surface area contributed by atoms with Crippen molar-refractivity contribution < 1.29 is 0 Å². The van der Waals surface area contributed by atoms with Crippen molar-refractivity contribution in [3.8, 4) is 0 Å². The highest BCUT2D eigenvalue weighted by Gasteiger charge is 2.27. The summed E-state index contributed by atoms with van der Waals surface area (Å²) in [4.78, 5) is 13.1. The van der Waals surface area contributed by atoms with Crippen LogP contribution in [-0.2, 0) is 0 Å². The minimum absolute atomic E-state index is 0.605. The Hall–Kier alpha value is -0.780. The van der Waals surface area contributed by atoms with Gasteiger partial charge in [-0.1, -0.05) is 0 Å². The summed E-state index contributed by atoms with van der Waals surface area (Å²) < 4.78 is 1.04. The molecule has 0 N–H and O–H groups in total. The molecule has 0 aliphatic heterocycles. The molecule has 2 aromatic rings. The summed E-state index contributed by atoms with van der Waals surface area (Å²) in [6.45, 7) is 0. The third-order valence-corrected chi connectivity index (χ3v) is 3.23. The average Bonchev–Trinajstić information content (AvgIpc) is 3.01. The third-order valence-electron chi connectivity index (χ3n) is 2.41. The van der Waals surface area contributed by atoms with Crippen LogP contribution in [0, 0.1) is 3.70 Å². The van der Waals surface area contributed by atoms with Crippen molar-refractivity contribution in [2.24, 2.45) is 0 Å². The Morgan fingerprint density at radius 3 is 2.93 bits per heavy atom. The molecule has 1 saturated carbocycles. The normalized spacial score (nSPS) is 16.1. The van der Waals surface area contributed by atoms with E-state index in [2.05, 4.69) is 37.5 Å². The maximum absolute atomic E-state index is 4.52. The molecule has 1 fully saturated rings. The molecule has 0 radical (unpaired) electrons. The number of hydrogen-bond donors (Lipinski definition) is 0. The summed E-state index contributed by atoms with van der Waals surface area (Å²) in [5.74, 6) is 1.60. The van der Waals surface area contributed by atoms with E-state index in [1.165, 1.54) is 12.8 Å². The largest absolute Gasteiger partial charge is 0.262 e. The van der Waals surface area contributed by atoms with Gasteiger partial charge in [0.2, 0.25) is 0 Å². The maximum atomic E-state index is 4.52. The van der Waals surface area contributed by atoms with Gasteiger partial charge in [-0.15, -0.1) is 0 Å². The number of nitrogens with zero attached hydrogens (tertiary/aromatic N) is 3.